The number of pyridine rings is 1. The van der Waals surface area contributed by atoms with Crippen molar-refractivity contribution in [3.05, 3.63) is 30.1 Å². The molecule has 0 saturated carbocycles. The Bertz CT molecular complexity index is 561. The highest BCUT2D eigenvalue weighted by molar-refractivity contribution is 7.87. The fourth-order valence-corrected chi connectivity index (χ4v) is 2.87. The van der Waals surface area contributed by atoms with Gasteiger partial charge in [-0.15, -0.1) is 0 Å². The molecule has 0 saturated heterocycles. The molecular formula is C16H30FN3O4S. The van der Waals surface area contributed by atoms with E-state index >= 15 is 0 Å². The van der Waals surface area contributed by atoms with E-state index in [9.17, 15) is 13.2 Å². The van der Waals surface area contributed by atoms with Gasteiger partial charge >= 0.3 is 16.1 Å². The molecule has 0 amide bonds. The minimum atomic E-state index is -3.88. The molecule has 0 aliphatic carbocycles. The van der Waals surface area contributed by atoms with E-state index in [0.29, 0.717) is 0 Å². The molecule has 9 heteroatoms. The Morgan fingerprint density at radius 3 is 2.00 bits per heavy atom. The van der Waals surface area contributed by atoms with Crippen molar-refractivity contribution in [3.63, 3.8) is 0 Å². The summed E-state index contributed by atoms with van der Waals surface area (Å²) in [4.78, 5) is 14.9. The first kappa shape index (κ1) is 25.7. The summed E-state index contributed by atoms with van der Waals surface area (Å²) in [5.41, 5.74) is 5.13. The molecule has 0 aromatic carbocycles. The first-order valence-corrected chi connectivity index (χ1v) is 9.79. The highest BCUT2D eigenvalue weighted by atomic mass is 32.2. The second-order valence-corrected chi connectivity index (χ2v) is 6.96. The van der Waals surface area contributed by atoms with Gasteiger partial charge in [-0.05, 0) is 39.8 Å². The van der Waals surface area contributed by atoms with E-state index < -0.39 is 16.1 Å². The van der Waals surface area contributed by atoms with E-state index in [1.165, 1.54) is 55.2 Å². The quantitative estimate of drug-likeness (QED) is 0.432. The van der Waals surface area contributed by atoms with Gasteiger partial charge in [-0.2, -0.15) is 8.42 Å². The number of carbonyl (C=O) groups is 1. The predicted octanol–water partition coefficient (Wildman–Crippen LogP) is -1.59. The Morgan fingerprint density at radius 2 is 1.68 bits per heavy atom. The number of quaternary nitrogens is 1. The molecule has 0 radical (unpaired) electrons. The van der Waals surface area contributed by atoms with Crippen molar-refractivity contribution in [2.24, 2.45) is 5.73 Å². The van der Waals surface area contributed by atoms with Crippen LogP contribution in [0.1, 0.15) is 38.1 Å². The monoisotopic (exact) mass is 379 g/mol. The Balaban J connectivity index is 0. The molecule has 1 rings (SSSR count). The van der Waals surface area contributed by atoms with Crippen LogP contribution in [-0.2, 0) is 14.3 Å². The fourth-order valence-electron chi connectivity index (χ4n) is 2.17. The maximum absolute atomic E-state index is 11.3. The van der Waals surface area contributed by atoms with E-state index in [1.54, 1.807) is 0 Å². The molecule has 0 spiro atoms. The van der Waals surface area contributed by atoms with Gasteiger partial charge in [0.2, 0.25) is 0 Å². The molecule has 7 nitrogen and oxygen atoms in total. The number of nitrogens with two attached hydrogens (primary N) is 1. The number of hydrogen-bond donors (Lipinski definition) is 1. The van der Waals surface area contributed by atoms with Gasteiger partial charge in [0.25, 0.3) is 0 Å². The van der Waals surface area contributed by atoms with Crippen LogP contribution in [0.5, 0.6) is 0 Å². The van der Waals surface area contributed by atoms with E-state index in [1.807, 2.05) is 0 Å². The van der Waals surface area contributed by atoms with Crippen molar-refractivity contribution in [1.29, 1.82) is 0 Å². The molecule has 1 aromatic heterocycles. The summed E-state index contributed by atoms with van der Waals surface area (Å²) < 4.78 is 27.7. The lowest BCUT2D eigenvalue weighted by Crippen LogP contribution is -3.00. The van der Waals surface area contributed by atoms with E-state index in [2.05, 4.69) is 36.9 Å². The molecule has 1 aromatic rings. The maximum atomic E-state index is 11.3. The van der Waals surface area contributed by atoms with Gasteiger partial charge in [0, 0.05) is 18.9 Å². The summed E-state index contributed by atoms with van der Waals surface area (Å²) in [5, 5.41) is 0. The summed E-state index contributed by atoms with van der Waals surface area (Å²) in [6.45, 7) is 14.1. The second-order valence-electron chi connectivity index (χ2n) is 5.27. The van der Waals surface area contributed by atoms with Gasteiger partial charge in [0.1, 0.15) is 0 Å². The molecule has 25 heavy (non-hydrogen) atoms. The number of rotatable bonds is 8. The summed E-state index contributed by atoms with van der Waals surface area (Å²) in [7, 11) is -3.88. The molecule has 146 valence electrons. The summed E-state index contributed by atoms with van der Waals surface area (Å²) in [6.07, 6.45) is 2.69. The van der Waals surface area contributed by atoms with Crippen molar-refractivity contribution in [2.75, 3.05) is 38.5 Å². The number of nitrogens with zero attached hydrogens (tertiary/aromatic N) is 2. The van der Waals surface area contributed by atoms with Crippen molar-refractivity contribution in [1.82, 2.24) is 4.98 Å². The Labute approximate surface area is 150 Å². The summed E-state index contributed by atoms with van der Waals surface area (Å²) >= 11 is 0. The van der Waals surface area contributed by atoms with Crippen LogP contribution in [-0.4, -0.2) is 62.3 Å². The normalized spacial score (nSPS) is 10.9. The van der Waals surface area contributed by atoms with Crippen molar-refractivity contribution < 1.29 is 26.6 Å². The van der Waals surface area contributed by atoms with Crippen molar-refractivity contribution in [2.45, 2.75) is 27.7 Å². The predicted molar refractivity (Wildman–Crippen MR) is 94.9 cm³/mol. The number of hydrogen-bond acceptors (Lipinski definition) is 6. The molecule has 0 aliphatic rings. The number of aromatic nitrogens is 1. The smallest absolute Gasteiger partial charge is 0.355 e. The van der Waals surface area contributed by atoms with Crippen LogP contribution in [0.4, 0.5) is 0 Å². The van der Waals surface area contributed by atoms with Crippen LogP contribution in [0, 0.1) is 0 Å². The third-order valence-electron chi connectivity index (χ3n) is 4.15. The molecule has 0 unspecified atom stereocenters. The molecular weight excluding hydrogens is 349 g/mol. The third kappa shape index (κ3) is 9.47. The summed E-state index contributed by atoms with van der Waals surface area (Å²) in [6, 6.07) is 2.92. The molecule has 0 fully saturated rings. The fraction of sp³-hybridized carbons (Fsp3) is 0.625. The second kappa shape index (κ2) is 12.7. The molecule has 0 aliphatic heterocycles. The maximum Gasteiger partial charge on any atom is 0.355 e. The standard InChI is InChI=1S/C8H10N2O4S.C8H20N.FH/c9-3-5-15(12,13)14-8(11)7-2-1-4-10-6-7;1-5-9(6-2,7-3)8-4;/h1-2,4,6H,3,5,9H2;5-8H2,1-4H3;1H/q;+1;/p-1. The van der Waals surface area contributed by atoms with Crippen LogP contribution in [0.2, 0.25) is 0 Å². The molecule has 1 heterocycles. The van der Waals surface area contributed by atoms with Crippen LogP contribution >= 0.6 is 0 Å². The number of halogens is 1. The Morgan fingerprint density at radius 1 is 1.16 bits per heavy atom. The van der Waals surface area contributed by atoms with Gasteiger partial charge < -0.3 is 19.1 Å². The molecule has 0 atom stereocenters. The van der Waals surface area contributed by atoms with Crippen LogP contribution in [0.25, 0.3) is 0 Å². The highest BCUT2D eigenvalue weighted by Gasteiger charge is 2.17. The van der Waals surface area contributed by atoms with Gasteiger partial charge in [-0.1, -0.05) is 0 Å². The average molecular weight is 379 g/mol. The highest BCUT2D eigenvalue weighted by Crippen LogP contribution is 2.03. The van der Waals surface area contributed by atoms with Crippen molar-refractivity contribution in [3.8, 4) is 0 Å². The van der Waals surface area contributed by atoms with Gasteiger partial charge in [0.15, 0.2) is 0 Å². The van der Waals surface area contributed by atoms with E-state index in [0.717, 1.165) is 0 Å². The van der Waals surface area contributed by atoms with Gasteiger partial charge in [-0.25, -0.2) is 4.79 Å². The largest absolute Gasteiger partial charge is 1.00 e. The first-order valence-electron chi connectivity index (χ1n) is 8.21. The Hall–Kier alpha value is -1.58. The van der Waals surface area contributed by atoms with Gasteiger partial charge in [0.05, 0.1) is 37.5 Å². The first-order chi connectivity index (χ1) is 11.3. The minimum absolute atomic E-state index is 0. The lowest BCUT2D eigenvalue weighted by molar-refractivity contribution is -0.921. The zero-order valence-corrected chi connectivity index (χ0v) is 16.3. The van der Waals surface area contributed by atoms with Crippen LogP contribution in [0.15, 0.2) is 24.5 Å². The summed E-state index contributed by atoms with van der Waals surface area (Å²) in [5.74, 6) is -1.34. The number of carbonyl (C=O) groups excluding carboxylic acids is 1. The van der Waals surface area contributed by atoms with Crippen LogP contribution in [0.3, 0.4) is 0 Å². The zero-order valence-electron chi connectivity index (χ0n) is 15.4. The zero-order chi connectivity index (χ0) is 18.6. The van der Waals surface area contributed by atoms with E-state index in [-0.39, 0.29) is 22.6 Å². The molecule has 2 N–H and O–H groups in total. The minimum Gasteiger partial charge on any atom is -1.00 e. The molecule has 0 bridgehead atoms. The van der Waals surface area contributed by atoms with Crippen molar-refractivity contribution >= 4 is 16.1 Å². The Kier molecular flexibility index (Phi) is 13.1. The third-order valence-corrected chi connectivity index (χ3v) is 5.29. The van der Waals surface area contributed by atoms with E-state index in [4.69, 9.17) is 5.73 Å². The average Bonchev–Trinajstić information content (AvgIpc) is 2.58. The lowest BCUT2D eigenvalue weighted by Gasteiger charge is -2.34. The lowest BCUT2D eigenvalue weighted by atomic mass is 10.3. The SMILES string of the molecule is CC[N+](CC)(CC)CC.NCCS(=O)(=O)OC(=O)c1cccnc1.[F-]. The van der Waals surface area contributed by atoms with Gasteiger partial charge in [-0.3, -0.25) is 4.98 Å². The van der Waals surface area contributed by atoms with Crippen LogP contribution < -0.4 is 10.4 Å². The topological polar surface area (TPSA) is 99.4 Å².